The first-order valence-electron chi connectivity index (χ1n) is 6.95. The van der Waals surface area contributed by atoms with E-state index in [0.717, 1.165) is 17.9 Å². The third-order valence-electron chi connectivity index (χ3n) is 3.50. The number of carbonyl (C=O) groups is 2. The maximum Gasteiger partial charge on any atom is 0.335 e. The van der Waals surface area contributed by atoms with Crippen LogP contribution in [0.25, 0.3) is 0 Å². The molecule has 1 saturated carbocycles. The van der Waals surface area contributed by atoms with Gasteiger partial charge in [-0.2, -0.15) is 0 Å². The predicted molar refractivity (Wildman–Crippen MR) is 77.1 cm³/mol. The molecule has 5 nitrogen and oxygen atoms in total. The third kappa shape index (κ3) is 4.26. The van der Waals surface area contributed by atoms with Crippen molar-refractivity contribution < 1.29 is 14.7 Å². The van der Waals surface area contributed by atoms with E-state index in [1.807, 2.05) is 6.92 Å². The highest BCUT2D eigenvalue weighted by molar-refractivity contribution is 5.93. The molecule has 0 saturated heterocycles. The van der Waals surface area contributed by atoms with Crippen LogP contribution < -0.4 is 10.6 Å². The summed E-state index contributed by atoms with van der Waals surface area (Å²) >= 11 is 0. The molecule has 5 heteroatoms. The second-order valence-corrected chi connectivity index (χ2v) is 5.30. The Morgan fingerprint density at radius 2 is 2.10 bits per heavy atom. The molecular formula is C15H20N2O3. The van der Waals surface area contributed by atoms with Crippen LogP contribution in [-0.4, -0.2) is 23.7 Å². The molecule has 0 aromatic heterocycles. The number of hydrogen-bond acceptors (Lipinski definition) is 2. The zero-order valence-corrected chi connectivity index (χ0v) is 11.6. The Bertz CT molecular complexity index is 510. The summed E-state index contributed by atoms with van der Waals surface area (Å²) in [6.45, 7) is 2.48. The number of anilines is 1. The largest absolute Gasteiger partial charge is 0.478 e. The fourth-order valence-electron chi connectivity index (χ4n) is 2.06. The summed E-state index contributed by atoms with van der Waals surface area (Å²) in [5.74, 6) is -0.132. The summed E-state index contributed by atoms with van der Waals surface area (Å²) < 4.78 is 0. The van der Waals surface area contributed by atoms with Crippen LogP contribution in [0.5, 0.6) is 0 Å². The van der Waals surface area contributed by atoms with Crippen LogP contribution in [0.15, 0.2) is 18.2 Å². The van der Waals surface area contributed by atoms with Crippen LogP contribution in [0.3, 0.4) is 0 Å². The van der Waals surface area contributed by atoms with Crippen molar-refractivity contribution in [3.63, 3.8) is 0 Å². The van der Waals surface area contributed by atoms with E-state index in [2.05, 4.69) is 10.6 Å². The summed E-state index contributed by atoms with van der Waals surface area (Å²) in [6.07, 6.45) is 4.82. The molecule has 2 amide bonds. The molecule has 1 aromatic rings. The van der Waals surface area contributed by atoms with E-state index in [4.69, 9.17) is 5.11 Å². The molecule has 0 radical (unpaired) electrons. The molecule has 108 valence electrons. The van der Waals surface area contributed by atoms with E-state index in [1.165, 1.54) is 31.4 Å². The lowest BCUT2D eigenvalue weighted by molar-refractivity contribution is 0.0697. The highest BCUT2D eigenvalue weighted by atomic mass is 16.4. The van der Waals surface area contributed by atoms with Gasteiger partial charge >= 0.3 is 12.0 Å². The molecule has 0 spiro atoms. The second kappa shape index (κ2) is 6.41. The zero-order valence-electron chi connectivity index (χ0n) is 11.6. The molecule has 0 heterocycles. The smallest absolute Gasteiger partial charge is 0.335 e. The number of nitrogens with one attached hydrogen (secondary N) is 2. The second-order valence-electron chi connectivity index (χ2n) is 5.30. The fraction of sp³-hybridized carbons (Fsp3) is 0.467. The van der Waals surface area contributed by atoms with Gasteiger partial charge < -0.3 is 15.7 Å². The van der Waals surface area contributed by atoms with Gasteiger partial charge in [-0.05, 0) is 43.4 Å². The quantitative estimate of drug-likeness (QED) is 0.699. The Morgan fingerprint density at radius 1 is 1.35 bits per heavy atom. The minimum absolute atomic E-state index is 0.166. The van der Waals surface area contributed by atoms with Crippen molar-refractivity contribution in [3.05, 3.63) is 29.3 Å². The normalized spacial score (nSPS) is 13.8. The standard InChI is InChI=1S/C15H20N2O3/c1-10-4-7-12(14(18)19)9-13(10)17-15(20)16-8-2-3-11-5-6-11/h4,7,9,11H,2-3,5-6,8H2,1H3,(H,18,19)(H2,16,17,20). The lowest BCUT2D eigenvalue weighted by Crippen LogP contribution is -2.29. The Balaban J connectivity index is 1.82. The van der Waals surface area contributed by atoms with E-state index in [-0.39, 0.29) is 11.6 Å². The molecule has 0 atom stereocenters. The highest BCUT2D eigenvalue weighted by Gasteiger charge is 2.20. The number of carbonyl (C=O) groups excluding carboxylic acids is 1. The number of aromatic carboxylic acids is 1. The van der Waals surface area contributed by atoms with Gasteiger partial charge in [-0.15, -0.1) is 0 Å². The summed E-state index contributed by atoms with van der Waals surface area (Å²) in [7, 11) is 0. The molecule has 1 aromatic carbocycles. The fourth-order valence-corrected chi connectivity index (χ4v) is 2.06. The van der Waals surface area contributed by atoms with Gasteiger partial charge in [0.1, 0.15) is 0 Å². The number of rotatable bonds is 6. The van der Waals surface area contributed by atoms with Crippen LogP contribution >= 0.6 is 0 Å². The molecule has 0 unspecified atom stereocenters. The Labute approximate surface area is 118 Å². The van der Waals surface area contributed by atoms with Gasteiger partial charge in [0.25, 0.3) is 0 Å². The molecule has 1 aliphatic rings. The van der Waals surface area contributed by atoms with Gasteiger partial charge in [0, 0.05) is 12.2 Å². The SMILES string of the molecule is Cc1ccc(C(=O)O)cc1NC(=O)NCCCC1CC1. The van der Waals surface area contributed by atoms with E-state index < -0.39 is 5.97 Å². The van der Waals surface area contributed by atoms with Gasteiger partial charge in [0.15, 0.2) is 0 Å². The number of benzene rings is 1. The maximum atomic E-state index is 11.7. The molecule has 1 fully saturated rings. The molecule has 0 aliphatic heterocycles. The first kappa shape index (κ1) is 14.4. The van der Waals surface area contributed by atoms with Crippen molar-refractivity contribution in [2.75, 3.05) is 11.9 Å². The Kier molecular flexibility index (Phi) is 4.61. The molecule has 3 N–H and O–H groups in total. The summed E-state index contributed by atoms with van der Waals surface area (Å²) in [5, 5.41) is 14.4. The van der Waals surface area contributed by atoms with Gasteiger partial charge in [-0.3, -0.25) is 0 Å². The predicted octanol–water partition coefficient (Wildman–Crippen LogP) is 3.00. The maximum absolute atomic E-state index is 11.7. The van der Waals surface area contributed by atoms with Crippen molar-refractivity contribution in [3.8, 4) is 0 Å². The highest BCUT2D eigenvalue weighted by Crippen LogP contribution is 2.33. The lowest BCUT2D eigenvalue weighted by atomic mass is 10.1. The number of aryl methyl sites for hydroxylation is 1. The molecule has 0 bridgehead atoms. The van der Waals surface area contributed by atoms with E-state index in [9.17, 15) is 9.59 Å². The van der Waals surface area contributed by atoms with E-state index >= 15 is 0 Å². The summed E-state index contributed by atoms with van der Waals surface area (Å²) in [5.41, 5.74) is 1.53. The molecular weight excluding hydrogens is 256 g/mol. The number of amides is 2. The number of carboxylic acids is 1. The molecule has 2 rings (SSSR count). The lowest BCUT2D eigenvalue weighted by Gasteiger charge is -2.10. The summed E-state index contributed by atoms with van der Waals surface area (Å²) in [4.78, 5) is 22.6. The van der Waals surface area contributed by atoms with Crippen molar-refractivity contribution >= 4 is 17.7 Å². The molecule has 20 heavy (non-hydrogen) atoms. The average Bonchev–Trinajstić information content (AvgIpc) is 3.21. The van der Waals surface area contributed by atoms with Crippen LogP contribution in [0, 0.1) is 12.8 Å². The third-order valence-corrected chi connectivity index (χ3v) is 3.50. The van der Waals surface area contributed by atoms with Gasteiger partial charge in [-0.1, -0.05) is 18.9 Å². The minimum atomic E-state index is -1.00. The van der Waals surface area contributed by atoms with Crippen molar-refractivity contribution in [2.45, 2.75) is 32.6 Å². The van der Waals surface area contributed by atoms with Crippen molar-refractivity contribution in [1.82, 2.24) is 5.32 Å². The summed E-state index contributed by atoms with van der Waals surface area (Å²) in [6, 6.07) is 4.40. The minimum Gasteiger partial charge on any atom is -0.478 e. The number of hydrogen-bond donors (Lipinski definition) is 3. The van der Waals surface area contributed by atoms with Crippen LogP contribution in [0.4, 0.5) is 10.5 Å². The average molecular weight is 276 g/mol. The Morgan fingerprint density at radius 3 is 2.75 bits per heavy atom. The van der Waals surface area contributed by atoms with Gasteiger partial charge in [0.05, 0.1) is 5.56 Å². The molecule has 1 aliphatic carbocycles. The van der Waals surface area contributed by atoms with Gasteiger partial charge in [0.2, 0.25) is 0 Å². The van der Waals surface area contributed by atoms with Crippen molar-refractivity contribution in [2.24, 2.45) is 5.92 Å². The van der Waals surface area contributed by atoms with Crippen LogP contribution in [0.2, 0.25) is 0 Å². The first-order chi connectivity index (χ1) is 9.56. The topological polar surface area (TPSA) is 78.4 Å². The number of urea groups is 1. The van der Waals surface area contributed by atoms with Crippen LogP contribution in [0.1, 0.15) is 41.6 Å². The zero-order chi connectivity index (χ0) is 14.5. The van der Waals surface area contributed by atoms with E-state index in [1.54, 1.807) is 6.07 Å². The van der Waals surface area contributed by atoms with E-state index in [0.29, 0.717) is 12.2 Å². The monoisotopic (exact) mass is 276 g/mol. The number of carboxylic acid groups (broad SMARTS) is 1. The Hall–Kier alpha value is -2.04. The van der Waals surface area contributed by atoms with Crippen LogP contribution in [-0.2, 0) is 0 Å². The first-order valence-corrected chi connectivity index (χ1v) is 6.95. The van der Waals surface area contributed by atoms with Gasteiger partial charge in [-0.25, -0.2) is 9.59 Å². The van der Waals surface area contributed by atoms with Crippen molar-refractivity contribution in [1.29, 1.82) is 0 Å².